The molecule has 0 aliphatic heterocycles. The number of rotatable bonds is 5. The maximum Gasteiger partial charge on any atom is 0.257 e. The van der Waals surface area contributed by atoms with Crippen molar-refractivity contribution >= 4 is 34.7 Å². The van der Waals surface area contributed by atoms with Gasteiger partial charge in [0.1, 0.15) is 0 Å². The van der Waals surface area contributed by atoms with E-state index >= 15 is 0 Å². The van der Waals surface area contributed by atoms with Gasteiger partial charge in [0.15, 0.2) is 0 Å². The SMILES string of the molecule is CC(=O)Nc1ccc(SCc2nnc(-c3cccs3)o2)cc1. The predicted molar refractivity (Wildman–Crippen MR) is 87.9 cm³/mol. The molecule has 3 rings (SSSR count). The van der Waals surface area contributed by atoms with E-state index in [-0.39, 0.29) is 5.91 Å². The molecule has 5 nitrogen and oxygen atoms in total. The summed E-state index contributed by atoms with van der Waals surface area (Å²) in [6, 6.07) is 11.5. The number of carbonyl (C=O) groups is 1. The Balaban J connectivity index is 1.59. The highest BCUT2D eigenvalue weighted by Crippen LogP contribution is 2.27. The lowest BCUT2D eigenvalue weighted by molar-refractivity contribution is -0.114. The second-order valence-electron chi connectivity index (χ2n) is 4.47. The highest BCUT2D eigenvalue weighted by molar-refractivity contribution is 7.98. The van der Waals surface area contributed by atoms with Gasteiger partial charge in [0, 0.05) is 17.5 Å². The van der Waals surface area contributed by atoms with Crippen molar-refractivity contribution in [1.29, 1.82) is 0 Å². The van der Waals surface area contributed by atoms with Crippen LogP contribution in [0.25, 0.3) is 10.8 Å². The number of carbonyl (C=O) groups excluding carboxylic acids is 1. The first kappa shape index (κ1) is 14.8. The van der Waals surface area contributed by atoms with Gasteiger partial charge in [-0.2, -0.15) is 0 Å². The van der Waals surface area contributed by atoms with E-state index in [1.54, 1.807) is 23.1 Å². The molecule has 0 aliphatic carbocycles. The van der Waals surface area contributed by atoms with Gasteiger partial charge in [-0.15, -0.1) is 33.3 Å². The van der Waals surface area contributed by atoms with Crippen LogP contribution in [0.3, 0.4) is 0 Å². The van der Waals surface area contributed by atoms with Crippen molar-refractivity contribution in [3.63, 3.8) is 0 Å². The normalized spacial score (nSPS) is 10.6. The first-order valence-corrected chi connectivity index (χ1v) is 8.44. The van der Waals surface area contributed by atoms with Crippen molar-refractivity contribution in [2.75, 3.05) is 5.32 Å². The van der Waals surface area contributed by atoms with Crippen LogP contribution in [0.2, 0.25) is 0 Å². The minimum Gasteiger partial charge on any atom is -0.419 e. The molecule has 2 heterocycles. The van der Waals surface area contributed by atoms with Crippen molar-refractivity contribution in [2.24, 2.45) is 0 Å². The third-order valence-corrected chi connectivity index (χ3v) is 4.59. The molecule has 0 bridgehead atoms. The largest absolute Gasteiger partial charge is 0.419 e. The molecule has 22 heavy (non-hydrogen) atoms. The molecule has 1 amide bonds. The first-order chi connectivity index (χ1) is 10.7. The molecule has 0 saturated heterocycles. The van der Waals surface area contributed by atoms with E-state index in [1.807, 2.05) is 41.8 Å². The summed E-state index contributed by atoms with van der Waals surface area (Å²) in [5, 5.41) is 12.8. The molecular weight excluding hydrogens is 318 g/mol. The van der Waals surface area contributed by atoms with Crippen molar-refractivity contribution in [1.82, 2.24) is 10.2 Å². The molecule has 1 N–H and O–H groups in total. The quantitative estimate of drug-likeness (QED) is 0.714. The van der Waals surface area contributed by atoms with Gasteiger partial charge in [-0.3, -0.25) is 4.79 Å². The van der Waals surface area contributed by atoms with Crippen LogP contribution >= 0.6 is 23.1 Å². The van der Waals surface area contributed by atoms with Crippen LogP contribution in [0.15, 0.2) is 51.1 Å². The van der Waals surface area contributed by atoms with Gasteiger partial charge in [0.05, 0.1) is 10.6 Å². The predicted octanol–water partition coefficient (Wildman–Crippen LogP) is 4.05. The fraction of sp³-hybridized carbons (Fsp3) is 0.133. The van der Waals surface area contributed by atoms with Crippen LogP contribution in [0.1, 0.15) is 12.8 Å². The Kier molecular flexibility index (Phi) is 4.55. The second-order valence-corrected chi connectivity index (χ2v) is 6.47. The Hall–Kier alpha value is -2.12. The van der Waals surface area contributed by atoms with E-state index < -0.39 is 0 Å². The summed E-state index contributed by atoms with van der Waals surface area (Å²) in [6.45, 7) is 1.49. The Labute approximate surface area is 135 Å². The molecule has 0 unspecified atom stereocenters. The fourth-order valence-electron chi connectivity index (χ4n) is 1.79. The lowest BCUT2D eigenvalue weighted by Crippen LogP contribution is -2.05. The number of nitrogens with zero attached hydrogens (tertiary/aromatic N) is 2. The number of benzene rings is 1. The van der Waals surface area contributed by atoms with Gasteiger partial charge < -0.3 is 9.73 Å². The van der Waals surface area contributed by atoms with Crippen LogP contribution in [0.4, 0.5) is 5.69 Å². The van der Waals surface area contributed by atoms with Crippen LogP contribution in [-0.4, -0.2) is 16.1 Å². The molecular formula is C15H13N3O2S2. The Morgan fingerprint density at radius 3 is 2.77 bits per heavy atom. The maximum absolute atomic E-state index is 11.0. The van der Waals surface area contributed by atoms with E-state index in [0.29, 0.717) is 17.5 Å². The van der Waals surface area contributed by atoms with Gasteiger partial charge in [0.2, 0.25) is 11.8 Å². The molecule has 0 fully saturated rings. The smallest absolute Gasteiger partial charge is 0.257 e. The molecule has 2 aromatic heterocycles. The zero-order valence-electron chi connectivity index (χ0n) is 11.8. The highest BCUT2D eigenvalue weighted by Gasteiger charge is 2.09. The average Bonchev–Trinajstić information content (AvgIpc) is 3.17. The van der Waals surface area contributed by atoms with Gasteiger partial charge in [-0.1, -0.05) is 6.07 Å². The minimum absolute atomic E-state index is 0.0765. The standard InChI is InChI=1S/C15H13N3O2S2/c1-10(19)16-11-4-6-12(7-5-11)22-9-14-17-18-15(20-14)13-3-2-8-21-13/h2-8H,9H2,1H3,(H,16,19). The Morgan fingerprint density at radius 2 is 2.09 bits per heavy atom. The fourth-order valence-corrected chi connectivity index (χ4v) is 3.17. The maximum atomic E-state index is 11.0. The summed E-state index contributed by atoms with van der Waals surface area (Å²) in [4.78, 5) is 13.0. The number of thiophene rings is 1. The van der Waals surface area contributed by atoms with E-state index in [1.165, 1.54) is 6.92 Å². The first-order valence-electron chi connectivity index (χ1n) is 6.57. The number of hydrogen-bond donors (Lipinski definition) is 1. The monoisotopic (exact) mass is 331 g/mol. The lowest BCUT2D eigenvalue weighted by atomic mass is 10.3. The second kappa shape index (κ2) is 6.76. The lowest BCUT2D eigenvalue weighted by Gasteiger charge is -2.03. The molecule has 0 saturated carbocycles. The molecule has 0 spiro atoms. The molecule has 112 valence electrons. The van der Waals surface area contributed by atoms with E-state index in [0.717, 1.165) is 15.5 Å². The van der Waals surface area contributed by atoms with Crippen molar-refractivity contribution in [3.05, 3.63) is 47.7 Å². The number of nitrogens with one attached hydrogen (secondary N) is 1. The summed E-state index contributed by atoms with van der Waals surface area (Å²) >= 11 is 3.18. The molecule has 3 aromatic rings. The van der Waals surface area contributed by atoms with Crippen LogP contribution < -0.4 is 5.32 Å². The number of aromatic nitrogens is 2. The van der Waals surface area contributed by atoms with E-state index in [4.69, 9.17) is 4.42 Å². The average molecular weight is 331 g/mol. The third-order valence-electron chi connectivity index (χ3n) is 2.74. The van der Waals surface area contributed by atoms with Crippen LogP contribution in [0, 0.1) is 0 Å². The number of amides is 1. The third kappa shape index (κ3) is 3.75. The molecule has 0 aliphatic rings. The van der Waals surface area contributed by atoms with Crippen molar-refractivity contribution < 1.29 is 9.21 Å². The Morgan fingerprint density at radius 1 is 1.27 bits per heavy atom. The molecule has 1 aromatic carbocycles. The van der Waals surface area contributed by atoms with Crippen LogP contribution in [-0.2, 0) is 10.5 Å². The summed E-state index contributed by atoms with van der Waals surface area (Å²) in [5.41, 5.74) is 0.787. The summed E-state index contributed by atoms with van der Waals surface area (Å²) < 4.78 is 5.64. The molecule has 7 heteroatoms. The van der Waals surface area contributed by atoms with Crippen molar-refractivity contribution in [2.45, 2.75) is 17.6 Å². The number of anilines is 1. The molecule has 0 atom stereocenters. The van der Waals surface area contributed by atoms with E-state index in [2.05, 4.69) is 15.5 Å². The van der Waals surface area contributed by atoms with Gasteiger partial charge >= 0.3 is 0 Å². The summed E-state index contributed by atoms with van der Waals surface area (Å²) in [7, 11) is 0. The highest BCUT2D eigenvalue weighted by atomic mass is 32.2. The summed E-state index contributed by atoms with van der Waals surface area (Å²) in [6.07, 6.45) is 0. The Bertz CT molecular complexity index is 751. The van der Waals surface area contributed by atoms with Crippen LogP contribution in [0.5, 0.6) is 0 Å². The van der Waals surface area contributed by atoms with E-state index in [9.17, 15) is 4.79 Å². The van der Waals surface area contributed by atoms with Crippen molar-refractivity contribution in [3.8, 4) is 10.8 Å². The van der Waals surface area contributed by atoms with Gasteiger partial charge in [0.25, 0.3) is 5.89 Å². The summed E-state index contributed by atoms with van der Waals surface area (Å²) in [5.74, 6) is 1.69. The molecule has 0 radical (unpaired) electrons. The minimum atomic E-state index is -0.0765. The zero-order valence-corrected chi connectivity index (χ0v) is 13.4. The van der Waals surface area contributed by atoms with Gasteiger partial charge in [-0.05, 0) is 35.7 Å². The zero-order chi connectivity index (χ0) is 15.4. The number of hydrogen-bond acceptors (Lipinski definition) is 6. The number of thioether (sulfide) groups is 1. The topological polar surface area (TPSA) is 68.0 Å². The van der Waals surface area contributed by atoms with Gasteiger partial charge in [-0.25, -0.2) is 0 Å².